The molecule has 0 unspecified atom stereocenters. The molecule has 0 heterocycles. The van der Waals surface area contributed by atoms with Crippen molar-refractivity contribution in [1.29, 1.82) is 0 Å². The first-order valence-electron chi connectivity index (χ1n) is 2.97. The lowest BCUT2D eigenvalue weighted by atomic mass is 10.4. The van der Waals surface area contributed by atoms with Gasteiger partial charge in [0.05, 0.1) is 27.2 Å². The summed E-state index contributed by atoms with van der Waals surface area (Å²) in [6.45, 7) is 2.54. The molecule has 0 saturated carbocycles. The molecule has 0 aliphatic heterocycles. The number of hydrogen-bond donors (Lipinski definition) is 2. The SMILES string of the molecule is C[NH2+]CCC[NH2+]C. The second-order valence-electron chi connectivity index (χ2n) is 1.75. The smallest absolute Gasteiger partial charge is 0.0807 e. The van der Waals surface area contributed by atoms with Crippen molar-refractivity contribution < 1.29 is 10.6 Å². The number of quaternary nitrogens is 2. The molecule has 44 valence electrons. The van der Waals surface area contributed by atoms with Crippen LogP contribution in [0.25, 0.3) is 0 Å². The molecule has 2 nitrogen and oxygen atoms in total. The molecule has 4 N–H and O–H groups in total. The fourth-order valence-corrected chi connectivity index (χ4v) is 0.526. The summed E-state index contributed by atoms with van der Waals surface area (Å²) in [7, 11) is 4.21. The summed E-state index contributed by atoms with van der Waals surface area (Å²) in [5, 5.41) is 4.42. The van der Waals surface area contributed by atoms with Crippen molar-refractivity contribution in [3.05, 3.63) is 0 Å². The maximum Gasteiger partial charge on any atom is 0.0807 e. The second-order valence-corrected chi connectivity index (χ2v) is 1.75. The highest BCUT2D eigenvalue weighted by molar-refractivity contribution is 4.21. The Balaban J connectivity index is 2.45. The summed E-state index contributed by atoms with van der Waals surface area (Å²) >= 11 is 0. The van der Waals surface area contributed by atoms with E-state index >= 15 is 0 Å². The third kappa shape index (κ3) is 5.92. The highest BCUT2D eigenvalue weighted by Crippen LogP contribution is 1.56. The van der Waals surface area contributed by atoms with Gasteiger partial charge < -0.3 is 10.6 Å². The Morgan fingerprint density at radius 1 is 1.00 bits per heavy atom. The van der Waals surface area contributed by atoms with Gasteiger partial charge in [-0.15, -0.1) is 0 Å². The van der Waals surface area contributed by atoms with Gasteiger partial charge in [-0.3, -0.25) is 0 Å². The van der Waals surface area contributed by atoms with Crippen molar-refractivity contribution in [2.75, 3.05) is 27.2 Å². The first-order valence-corrected chi connectivity index (χ1v) is 2.97. The van der Waals surface area contributed by atoms with Crippen molar-refractivity contribution in [3.63, 3.8) is 0 Å². The molecule has 0 spiro atoms. The van der Waals surface area contributed by atoms with E-state index in [-0.39, 0.29) is 0 Å². The topological polar surface area (TPSA) is 33.2 Å². The van der Waals surface area contributed by atoms with Gasteiger partial charge in [0, 0.05) is 6.42 Å². The molecule has 0 atom stereocenters. The normalized spacial score (nSPS) is 9.43. The number of nitrogens with two attached hydrogens (primary N) is 2. The van der Waals surface area contributed by atoms with Crippen LogP contribution in [0.15, 0.2) is 0 Å². The highest BCUT2D eigenvalue weighted by atomic mass is 14.8. The average Bonchev–Trinajstić information content (AvgIpc) is 1.69. The van der Waals surface area contributed by atoms with Gasteiger partial charge in [-0.2, -0.15) is 0 Å². The van der Waals surface area contributed by atoms with Crippen LogP contribution >= 0.6 is 0 Å². The Hall–Kier alpha value is -0.0800. The predicted molar refractivity (Wildman–Crippen MR) is 30.0 cm³/mol. The molecule has 0 fully saturated rings. The fourth-order valence-electron chi connectivity index (χ4n) is 0.526. The summed E-state index contributed by atoms with van der Waals surface area (Å²) in [6.07, 6.45) is 1.33. The maximum atomic E-state index is 2.21. The van der Waals surface area contributed by atoms with E-state index < -0.39 is 0 Å². The van der Waals surface area contributed by atoms with E-state index in [0.717, 1.165) is 0 Å². The Bertz CT molecular complexity index is 25.3. The molecular formula is C5H16N2+2. The molecule has 2 heteroatoms. The summed E-state index contributed by atoms with van der Waals surface area (Å²) in [5.74, 6) is 0. The van der Waals surface area contributed by atoms with Crippen LogP contribution in [0.5, 0.6) is 0 Å². The lowest BCUT2D eigenvalue weighted by Gasteiger charge is -1.90. The predicted octanol–water partition coefficient (Wildman–Crippen LogP) is -2.24. The molecule has 0 rings (SSSR count). The summed E-state index contributed by atoms with van der Waals surface area (Å²) in [5.41, 5.74) is 0. The zero-order valence-corrected chi connectivity index (χ0v) is 5.28. The molecule has 0 aromatic carbocycles. The van der Waals surface area contributed by atoms with Crippen molar-refractivity contribution in [2.45, 2.75) is 6.42 Å². The molecule has 0 saturated heterocycles. The molecule has 0 amide bonds. The minimum atomic E-state index is 1.27. The second kappa shape index (κ2) is 5.92. The van der Waals surface area contributed by atoms with Crippen LogP contribution in [-0.2, 0) is 0 Å². The maximum absolute atomic E-state index is 2.21. The van der Waals surface area contributed by atoms with E-state index in [0.29, 0.717) is 0 Å². The molecule has 0 bridgehead atoms. The number of rotatable bonds is 4. The molecule has 0 aliphatic rings. The summed E-state index contributed by atoms with van der Waals surface area (Å²) < 4.78 is 0. The van der Waals surface area contributed by atoms with Gasteiger partial charge >= 0.3 is 0 Å². The molecular weight excluding hydrogens is 88.1 g/mol. The molecule has 0 aromatic heterocycles. The lowest BCUT2D eigenvalue weighted by Crippen LogP contribution is -2.84. The van der Waals surface area contributed by atoms with Crippen LogP contribution in [0.1, 0.15) is 6.42 Å². The largest absolute Gasteiger partial charge is 0.349 e. The first kappa shape index (κ1) is 6.92. The van der Waals surface area contributed by atoms with Gasteiger partial charge in [0.15, 0.2) is 0 Å². The van der Waals surface area contributed by atoms with E-state index in [1.165, 1.54) is 19.5 Å². The monoisotopic (exact) mass is 104 g/mol. The van der Waals surface area contributed by atoms with Gasteiger partial charge in [-0.25, -0.2) is 0 Å². The van der Waals surface area contributed by atoms with Gasteiger partial charge in [-0.05, 0) is 0 Å². The Kier molecular flexibility index (Phi) is 5.85. The lowest BCUT2D eigenvalue weighted by molar-refractivity contribution is -0.654. The van der Waals surface area contributed by atoms with Gasteiger partial charge in [0.25, 0.3) is 0 Å². The van der Waals surface area contributed by atoms with E-state index in [1.807, 2.05) is 0 Å². The van der Waals surface area contributed by atoms with Crippen molar-refractivity contribution >= 4 is 0 Å². The van der Waals surface area contributed by atoms with E-state index in [1.54, 1.807) is 0 Å². The Morgan fingerprint density at radius 3 is 1.71 bits per heavy atom. The van der Waals surface area contributed by atoms with Crippen LogP contribution in [0.3, 0.4) is 0 Å². The average molecular weight is 104 g/mol. The van der Waals surface area contributed by atoms with Gasteiger partial charge in [0.2, 0.25) is 0 Å². The van der Waals surface area contributed by atoms with Gasteiger partial charge in [0.1, 0.15) is 0 Å². The third-order valence-electron chi connectivity index (χ3n) is 0.986. The molecule has 0 aromatic rings. The minimum Gasteiger partial charge on any atom is -0.349 e. The Labute approximate surface area is 45.3 Å². The zero-order valence-electron chi connectivity index (χ0n) is 5.28. The van der Waals surface area contributed by atoms with Crippen LogP contribution < -0.4 is 10.6 Å². The van der Waals surface area contributed by atoms with Crippen molar-refractivity contribution in [3.8, 4) is 0 Å². The summed E-state index contributed by atoms with van der Waals surface area (Å²) in [4.78, 5) is 0. The van der Waals surface area contributed by atoms with Crippen LogP contribution in [0.4, 0.5) is 0 Å². The van der Waals surface area contributed by atoms with E-state index in [2.05, 4.69) is 24.7 Å². The standard InChI is InChI=1S/C5H14N2/c1-6-4-3-5-7-2/h6-7H,3-5H2,1-2H3/p+2. The van der Waals surface area contributed by atoms with Crippen LogP contribution in [0, 0.1) is 0 Å². The quantitative estimate of drug-likeness (QED) is 0.378. The first-order chi connectivity index (χ1) is 3.41. The van der Waals surface area contributed by atoms with Crippen molar-refractivity contribution in [1.82, 2.24) is 0 Å². The Morgan fingerprint density at radius 2 is 1.43 bits per heavy atom. The third-order valence-corrected chi connectivity index (χ3v) is 0.986. The molecule has 0 radical (unpaired) electrons. The summed E-state index contributed by atoms with van der Waals surface area (Å²) in [6, 6.07) is 0. The van der Waals surface area contributed by atoms with E-state index in [9.17, 15) is 0 Å². The minimum absolute atomic E-state index is 1.27. The molecule has 0 aliphatic carbocycles. The number of hydrogen-bond acceptors (Lipinski definition) is 0. The van der Waals surface area contributed by atoms with Crippen molar-refractivity contribution in [2.24, 2.45) is 0 Å². The zero-order chi connectivity index (χ0) is 5.54. The van der Waals surface area contributed by atoms with E-state index in [4.69, 9.17) is 0 Å². The van der Waals surface area contributed by atoms with Crippen LogP contribution in [-0.4, -0.2) is 27.2 Å². The highest BCUT2D eigenvalue weighted by Gasteiger charge is 1.83. The molecule has 7 heavy (non-hydrogen) atoms. The van der Waals surface area contributed by atoms with Crippen LogP contribution in [0.2, 0.25) is 0 Å². The fraction of sp³-hybridized carbons (Fsp3) is 1.00. The van der Waals surface area contributed by atoms with Gasteiger partial charge in [-0.1, -0.05) is 0 Å².